The molecule has 1 fully saturated rings. The topological polar surface area (TPSA) is 32.5 Å². The second-order valence-corrected chi connectivity index (χ2v) is 6.84. The average Bonchev–Trinajstić information content (AvgIpc) is 2.33. The Kier molecular flexibility index (Phi) is 7.20. The number of rotatable bonds is 7. The third-order valence-corrected chi connectivity index (χ3v) is 3.82. The zero-order valence-corrected chi connectivity index (χ0v) is 12.7. The van der Waals surface area contributed by atoms with Gasteiger partial charge in [-0.15, -0.1) is 0 Å². The zero-order chi connectivity index (χ0) is 13.4. The summed E-state index contributed by atoms with van der Waals surface area (Å²) >= 11 is 0. The van der Waals surface area contributed by atoms with Crippen molar-refractivity contribution in [1.82, 2.24) is 9.80 Å². The van der Waals surface area contributed by atoms with Crippen LogP contribution in [0.5, 0.6) is 0 Å². The van der Waals surface area contributed by atoms with Crippen molar-refractivity contribution in [3.8, 4) is 0 Å². The van der Waals surface area contributed by atoms with Crippen LogP contribution in [0.25, 0.3) is 0 Å². The molecule has 1 rings (SSSR count). The molecule has 0 aromatic rings. The van der Waals surface area contributed by atoms with Crippen LogP contribution in [-0.4, -0.2) is 55.6 Å². The van der Waals surface area contributed by atoms with Crippen LogP contribution in [0.15, 0.2) is 0 Å². The summed E-state index contributed by atoms with van der Waals surface area (Å²) in [6.45, 7) is 15.4. The fourth-order valence-corrected chi connectivity index (χ4v) is 2.39. The predicted molar refractivity (Wildman–Crippen MR) is 79.9 cm³/mol. The second-order valence-electron chi connectivity index (χ2n) is 6.84. The van der Waals surface area contributed by atoms with Gasteiger partial charge < -0.3 is 15.5 Å². The summed E-state index contributed by atoms with van der Waals surface area (Å²) in [6, 6.07) is 0. The maximum Gasteiger partial charge on any atom is 0.0110 e. The van der Waals surface area contributed by atoms with Crippen LogP contribution in [0, 0.1) is 5.41 Å². The number of unbranched alkanes of at least 4 members (excludes halogenated alkanes) is 2. The molecule has 0 amide bonds. The molecule has 0 radical (unpaired) electrons. The monoisotopic (exact) mass is 255 g/mol. The van der Waals surface area contributed by atoms with E-state index >= 15 is 0 Å². The van der Waals surface area contributed by atoms with Crippen LogP contribution >= 0.6 is 0 Å². The van der Waals surface area contributed by atoms with Gasteiger partial charge in [0.25, 0.3) is 0 Å². The van der Waals surface area contributed by atoms with Crippen LogP contribution in [0.4, 0.5) is 0 Å². The Morgan fingerprint density at radius 2 is 1.39 bits per heavy atom. The summed E-state index contributed by atoms with van der Waals surface area (Å²) in [7, 11) is 0. The highest BCUT2D eigenvalue weighted by molar-refractivity contribution is 4.74. The molecule has 0 atom stereocenters. The Balaban J connectivity index is 2.05. The standard InChI is InChI=1S/C15H33N3/c1-15(2,3)7-10-18-13-11-17(12-14-18)9-6-4-5-8-16/h4-14,16H2,1-3H3. The van der Waals surface area contributed by atoms with Gasteiger partial charge in [-0.1, -0.05) is 27.2 Å². The molecular formula is C15H33N3. The summed E-state index contributed by atoms with van der Waals surface area (Å²) in [5.74, 6) is 0. The highest BCUT2D eigenvalue weighted by atomic mass is 15.3. The lowest BCUT2D eigenvalue weighted by molar-refractivity contribution is 0.120. The van der Waals surface area contributed by atoms with Gasteiger partial charge in [0, 0.05) is 26.2 Å². The molecule has 0 aromatic carbocycles. The predicted octanol–water partition coefficient (Wildman–Crippen LogP) is 2.17. The third-order valence-electron chi connectivity index (χ3n) is 3.82. The minimum absolute atomic E-state index is 0.472. The van der Waals surface area contributed by atoms with Crippen molar-refractivity contribution in [2.45, 2.75) is 46.5 Å². The number of hydrogen-bond acceptors (Lipinski definition) is 3. The molecule has 0 unspecified atom stereocenters. The molecule has 108 valence electrons. The molecule has 0 spiro atoms. The van der Waals surface area contributed by atoms with E-state index in [-0.39, 0.29) is 0 Å². The lowest BCUT2D eigenvalue weighted by Crippen LogP contribution is -2.47. The molecule has 3 nitrogen and oxygen atoms in total. The summed E-state index contributed by atoms with van der Waals surface area (Å²) < 4.78 is 0. The Hall–Kier alpha value is -0.120. The van der Waals surface area contributed by atoms with Crippen molar-refractivity contribution in [2.24, 2.45) is 11.1 Å². The SMILES string of the molecule is CC(C)(C)CCN1CCN(CCCCCN)CC1. The van der Waals surface area contributed by atoms with Gasteiger partial charge in [-0.25, -0.2) is 0 Å². The first-order chi connectivity index (χ1) is 8.51. The van der Waals surface area contributed by atoms with Gasteiger partial charge in [0.1, 0.15) is 0 Å². The molecule has 0 aliphatic carbocycles. The van der Waals surface area contributed by atoms with Crippen molar-refractivity contribution >= 4 is 0 Å². The van der Waals surface area contributed by atoms with Gasteiger partial charge in [-0.2, -0.15) is 0 Å². The minimum atomic E-state index is 0.472. The normalized spacial score (nSPS) is 19.3. The second kappa shape index (κ2) is 8.13. The number of hydrogen-bond donors (Lipinski definition) is 1. The molecule has 18 heavy (non-hydrogen) atoms. The Bertz CT molecular complexity index is 202. The molecule has 0 aromatic heterocycles. The largest absolute Gasteiger partial charge is 0.330 e. The summed E-state index contributed by atoms with van der Waals surface area (Å²) in [5.41, 5.74) is 5.99. The van der Waals surface area contributed by atoms with E-state index in [9.17, 15) is 0 Å². The molecule has 1 heterocycles. The fourth-order valence-electron chi connectivity index (χ4n) is 2.39. The number of nitrogens with zero attached hydrogens (tertiary/aromatic N) is 2. The quantitative estimate of drug-likeness (QED) is 0.708. The van der Waals surface area contributed by atoms with E-state index < -0.39 is 0 Å². The molecule has 1 aliphatic rings. The lowest BCUT2D eigenvalue weighted by atomic mass is 9.92. The highest BCUT2D eigenvalue weighted by Crippen LogP contribution is 2.19. The summed E-state index contributed by atoms with van der Waals surface area (Å²) in [4.78, 5) is 5.24. The smallest absolute Gasteiger partial charge is 0.0110 e. The molecule has 0 saturated carbocycles. The Labute approximate surface area is 114 Å². The molecule has 1 saturated heterocycles. The van der Waals surface area contributed by atoms with Crippen LogP contribution < -0.4 is 5.73 Å². The van der Waals surface area contributed by atoms with Crippen molar-refractivity contribution in [1.29, 1.82) is 0 Å². The van der Waals surface area contributed by atoms with Gasteiger partial charge >= 0.3 is 0 Å². The van der Waals surface area contributed by atoms with Crippen LogP contribution in [-0.2, 0) is 0 Å². The summed E-state index contributed by atoms with van der Waals surface area (Å²) in [6.07, 6.45) is 5.11. The van der Waals surface area contributed by atoms with E-state index in [1.54, 1.807) is 0 Å². The molecular weight excluding hydrogens is 222 g/mol. The van der Waals surface area contributed by atoms with Gasteiger partial charge in [0.15, 0.2) is 0 Å². The van der Waals surface area contributed by atoms with E-state index in [4.69, 9.17) is 5.73 Å². The first-order valence-corrected chi connectivity index (χ1v) is 7.66. The van der Waals surface area contributed by atoms with Gasteiger partial charge in [-0.05, 0) is 44.3 Å². The van der Waals surface area contributed by atoms with E-state index in [0.29, 0.717) is 5.41 Å². The van der Waals surface area contributed by atoms with E-state index in [1.165, 1.54) is 65.0 Å². The first kappa shape index (κ1) is 15.9. The van der Waals surface area contributed by atoms with Crippen LogP contribution in [0.3, 0.4) is 0 Å². The fraction of sp³-hybridized carbons (Fsp3) is 1.00. The maximum atomic E-state index is 5.51. The maximum absolute atomic E-state index is 5.51. The molecule has 2 N–H and O–H groups in total. The van der Waals surface area contributed by atoms with Crippen molar-refractivity contribution in [3.63, 3.8) is 0 Å². The van der Waals surface area contributed by atoms with Crippen molar-refractivity contribution in [2.75, 3.05) is 45.8 Å². The molecule has 0 bridgehead atoms. The molecule has 1 aliphatic heterocycles. The highest BCUT2D eigenvalue weighted by Gasteiger charge is 2.18. The number of nitrogens with two attached hydrogens (primary N) is 1. The van der Waals surface area contributed by atoms with E-state index in [2.05, 4.69) is 30.6 Å². The van der Waals surface area contributed by atoms with Gasteiger partial charge in [0.2, 0.25) is 0 Å². The molecule has 3 heteroatoms. The average molecular weight is 255 g/mol. The Morgan fingerprint density at radius 1 is 0.833 bits per heavy atom. The van der Waals surface area contributed by atoms with E-state index in [0.717, 1.165) is 6.54 Å². The van der Waals surface area contributed by atoms with E-state index in [1.807, 2.05) is 0 Å². The zero-order valence-electron chi connectivity index (χ0n) is 12.7. The Morgan fingerprint density at radius 3 is 1.89 bits per heavy atom. The summed E-state index contributed by atoms with van der Waals surface area (Å²) in [5, 5.41) is 0. The first-order valence-electron chi connectivity index (χ1n) is 7.66. The van der Waals surface area contributed by atoms with Crippen LogP contribution in [0.1, 0.15) is 46.5 Å². The minimum Gasteiger partial charge on any atom is -0.330 e. The number of piperazine rings is 1. The lowest BCUT2D eigenvalue weighted by Gasteiger charge is -2.36. The van der Waals surface area contributed by atoms with Gasteiger partial charge in [0.05, 0.1) is 0 Å². The van der Waals surface area contributed by atoms with Crippen molar-refractivity contribution in [3.05, 3.63) is 0 Å². The third kappa shape index (κ3) is 7.34. The van der Waals surface area contributed by atoms with Gasteiger partial charge in [-0.3, -0.25) is 0 Å². The van der Waals surface area contributed by atoms with Crippen molar-refractivity contribution < 1.29 is 0 Å². The van der Waals surface area contributed by atoms with Crippen LogP contribution in [0.2, 0.25) is 0 Å².